The highest BCUT2D eigenvalue weighted by atomic mass is 16.5. The van der Waals surface area contributed by atoms with Crippen molar-refractivity contribution in [3.8, 4) is 11.5 Å². The van der Waals surface area contributed by atoms with Crippen LogP contribution in [0.25, 0.3) is 0 Å². The summed E-state index contributed by atoms with van der Waals surface area (Å²) in [6.45, 7) is 3.01. The molecule has 5 heteroatoms. The van der Waals surface area contributed by atoms with Crippen LogP contribution in [-0.4, -0.2) is 48.8 Å². The van der Waals surface area contributed by atoms with Crippen molar-refractivity contribution < 1.29 is 19.4 Å². The molecule has 1 aromatic rings. The predicted octanol–water partition coefficient (Wildman–Crippen LogP) is 1.37. The normalized spacial score (nSPS) is 18.8. The van der Waals surface area contributed by atoms with E-state index >= 15 is 0 Å². The number of piperidine rings is 1. The highest BCUT2D eigenvalue weighted by Crippen LogP contribution is 2.27. The van der Waals surface area contributed by atoms with Crippen molar-refractivity contribution in [2.45, 2.75) is 25.9 Å². The van der Waals surface area contributed by atoms with Gasteiger partial charge in [0.2, 0.25) is 0 Å². The third-order valence-corrected chi connectivity index (χ3v) is 3.42. The van der Waals surface area contributed by atoms with E-state index in [2.05, 4.69) is 0 Å². The molecule has 1 atom stereocenters. The van der Waals surface area contributed by atoms with Crippen LogP contribution in [0.15, 0.2) is 18.2 Å². The first-order chi connectivity index (χ1) is 9.60. The molecule has 0 saturated carbocycles. The van der Waals surface area contributed by atoms with Gasteiger partial charge in [-0.25, -0.2) is 0 Å². The van der Waals surface area contributed by atoms with Crippen LogP contribution in [0.4, 0.5) is 0 Å². The number of amides is 1. The number of aliphatic hydroxyl groups excluding tert-OH is 1. The second kappa shape index (κ2) is 6.61. The first kappa shape index (κ1) is 14.7. The van der Waals surface area contributed by atoms with E-state index in [-0.39, 0.29) is 12.5 Å². The van der Waals surface area contributed by atoms with Gasteiger partial charge in [0, 0.05) is 13.1 Å². The molecule has 0 bridgehead atoms. The van der Waals surface area contributed by atoms with Crippen molar-refractivity contribution in [1.82, 2.24) is 4.90 Å². The van der Waals surface area contributed by atoms with Crippen LogP contribution in [0, 0.1) is 6.92 Å². The van der Waals surface area contributed by atoms with Crippen LogP contribution < -0.4 is 9.47 Å². The molecule has 1 unspecified atom stereocenters. The Morgan fingerprint density at radius 3 is 2.95 bits per heavy atom. The maximum Gasteiger partial charge on any atom is 0.260 e. The molecular formula is C15H21NO4. The molecule has 1 N–H and O–H groups in total. The number of likely N-dealkylation sites (tertiary alicyclic amines) is 1. The number of rotatable bonds is 4. The molecule has 1 aliphatic rings. The molecule has 1 saturated heterocycles. The van der Waals surface area contributed by atoms with Gasteiger partial charge in [0.15, 0.2) is 18.1 Å². The summed E-state index contributed by atoms with van der Waals surface area (Å²) < 4.78 is 10.8. The Morgan fingerprint density at radius 1 is 1.45 bits per heavy atom. The Bertz CT molecular complexity index is 475. The summed E-state index contributed by atoms with van der Waals surface area (Å²) >= 11 is 0. The standard InChI is InChI=1S/C15H21NO4/c1-11-5-6-13(14(8-11)19-2)20-10-15(18)16-7-3-4-12(17)9-16/h5-6,8,12,17H,3-4,7,9-10H2,1-2H3. The van der Waals surface area contributed by atoms with Crippen molar-refractivity contribution in [3.63, 3.8) is 0 Å². The third kappa shape index (κ3) is 3.63. The second-order valence-electron chi connectivity index (χ2n) is 5.08. The molecule has 0 aromatic heterocycles. The van der Waals surface area contributed by atoms with Crippen LogP contribution in [0.1, 0.15) is 18.4 Å². The van der Waals surface area contributed by atoms with E-state index in [0.717, 1.165) is 18.4 Å². The number of ether oxygens (including phenoxy) is 2. The Hall–Kier alpha value is -1.75. The van der Waals surface area contributed by atoms with Gasteiger partial charge < -0.3 is 19.5 Å². The van der Waals surface area contributed by atoms with E-state index < -0.39 is 6.10 Å². The Labute approximate surface area is 119 Å². The van der Waals surface area contributed by atoms with E-state index in [4.69, 9.17) is 9.47 Å². The quantitative estimate of drug-likeness (QED) is 0.904. The summed E-state index contributed by atoms with van der Waals surface area (Å²) in [5, 5.41) is 9.57. The lowest BCUT2D eigenvalue weighted by molar-refractivity contribution is -0.136. The average Bonchev–Trinajstić information content (AvgIpc) is 2.45. The minimum atomic E-state index is -0.415. The van der Waals surface area contributed by atoms with Crippen molar-refractivity contribution in [1.29, 1.82) is 0 Å². The maximum atomic E-state index is 12.0. The highest BCUT2D eigenvalue weighted by Gasteiger charge is 2.22. The zero-order valence-corrected chi connectivity index (χ0v) is 12.0. The number of methoxy groups -OCH3 is 1. The van der Waals surface area contributed by atoms with Crippen molar-refractivity contribution >= 4 is 5.91 Å². The number of carbonyl (C=O) groups excluding carboxylic acids is 1. The molecule has 1 fully saturated rings. The Morgan fingerprint density at radius 2 is 2.25 bits per heavy atom. The molecule has 0 radical (unpaired) electrons. The lowest BCUT2D eigenvalue weighted by Gasteiger charge is -2.30. The summed E-state index contributed by atoms with van der Waals surface area (Å²) in [7, 11) is 1.57. The molecule has 0 spiro atoms. The molecule has 1 heterocycles. The van der Waals surface area contributed by atoms with E-state index in [9.17, 15) is 9.90 Å². The van der Waals surface area contributed by atoms with Gasteiger partial charge in [-0.3, -0.25) is 4.79 Å². The first-order valence-corrected chi connectivity index (χ1v) is 6.83. The molecule has 2 rings (SSSR count). The molecule has 1 aromatic carbocycles. The predicted molar refractivity (Wildman–Crippen MR) is 75.0 cm³/mol. The van der Waals surface area contributed by atoms with Crippen molar-refractivity contribution in [3.05, 3.63) is 23.8 Å². The van der Waals surface area contributed by atoms with E-state index in [1.807, 2.05) is 19.1 Å². The van der Waals surface area contributed by atoms with Crippen molar-refractivity contribution in [2.75, 3.05) is 26.8 Å². The van der Waals surface area contributed by atoms with Gasteiger partial charge in [-0.1, -0.05) is 6.07 Å². The van der Waals surface area contributed by atoms with Crippen LogP contribution in [-0.2, 0) is 4.79 Å². The Balaban J connectivity index is 1.93. The third-order valence-electron chi connectivity index (χ3n) is 3.42. The molecule has 1 amide bonds. The van der Waals surface area contributed by atoms with Crippen LogP contribution >= 0.6 is 0 Å². The highest BCUT2D eigenvalue weighted by molar-refractivity contribution is 5.78. The topological polar surface area (TPSA) is 59.0 Å². The summed E-state index contributed by atoms with van der Waals surface area (Å²) in [5.74, 6) is 1.08. The minimum Gasteiger partial charge on any atom is -0.493 e. The average molecular weight is 279 g/mol. The summed E-state index contributed by atoms with van der Waals surface area (Å²) in [4.78, 5) is 13.7. The van der Waals surface area contributed by atoms with Crippen LogP contribution in [0.3, 0.4) is 0 Å². The van der Waals surface area contributed by atoms with Gasteiger partial charge in [-0.15, -0.1) is 0 Å². The van der Waals surface area contributed by atoms with E-state index in [0.29, 0.717) is 24.6 Å². The summed E-state index contributed by atoms with van der Waals surface area (Å²) in [6.07, 6.45) is 1.18. The fourth-order valence-electron chi connectivity index (χ4n) is 2.31. The van der Waals surface area contributed by atoms with Crippen LogP contribution in [0.5, 0.6) is 11.5 Å². The molecule has 0 aliphatic carbocycles. The maximum absolute atomic E-state index is 12.0. The molecule has 1 aliphatic heterocycles. The summed E-state index contributed by atoms with van der Waals surface area (Å²) in [5.41, 5.74) is 1.07. The molecule has 5 nitrogen and oxygen atoms in total. The van der Waals surface area contributed by atoms with Crippen LogP contribution in [0.2, 0.25) is 0 Å². The number of aliphatic hydroxyl groups is 1. The van der Waals surface area contributed by atoms with Gasteiger partial charge in [0.1, 0.15) is 0 Å². The van der Waals surface area contributed by atoms with E-state index in [1.165, 1.54) is 0 Å². The number of aryl methyl sites for hydroxylation is 1. The van der Waals surface area contributed by atoms with Gasteiger partial charge in [0.05, 0.1) is 13.2 Å². The zero-order chi connectivity index (χ0) is 14.5. The SMILES string of the molecule is COc1cc(C)ccc1OCC(=O)N1CCCC(O)C1. The zero-order valence-electron chi connectivity index (χ0n) is 12.0. The summed E-state index contributed by atoms with van der Waals surface area (Å²) in [6, 6.07) is 5.57. The molecular weight excluding hydrogens is 258 g/mol. The largest absolute Gasteiger partial charge is 0.493 e. The molecule has 110 valence electrons. The van der Waals surface area contributed by atoms with Gasteiger partial charge in [-0.2, -0.15) is 0 Å². The minimum absolute atomic E-state index is 0.0356. The fraction of sp³-hybridized carbons (Fsp3) is 0.533. The number of benzene rings is 1. The Kier molecular flexibility index (Phi) is 4.84. The lowest BCUT2D eigenvalue weighted by Crippen LogP contribution is -2.44. The number of β-amino-alcohol motifs (C(OH)–C–C–N with tert-alkyl or cyclic N) is 1. The number of hydrogen-bond donors (Lipinski definition) is 1. The lowest BCUT2D eigenvalue weighted by atomic mass is 10.1. The smallest absolute Gasteiger partial charge is 0.260 e. The second-order valence-corrected chi connectivity index (χ2v) is 5.08. The van der Waals surface area contributed by atoms with E-state index in [1.54, 1.807) is 18.1 Å². The van der Waals surface area contributed by atoms with Gasteiger partial charge in [0.25, 0.3) is 5.91 Å². The number of hydrogen-bond acceptors (Lipinski definition) is 4. The monoisotopic (exact) mass is 279 g/mol. The number of carbonyl (C=O) groups is 1. The first-order valence-electron chi connectivity index (χ1n) is 6.83. The number of nitrogens with zero attached hydrogens (tertiary/aromatic N) is 1. The van der Waals surface area contributed by atoms with Crippen molar-refractivity contribution in [2.24, 2.45) is 0 Å². The fourth-order valence-corrected chi connectivity index (χ4v) is 2.31. The molecule has 20 heavy (non-hydrogen) atoms. The van der Waals surface area contributed by atoms with Gasteiger partial charge >= 0.3 is 0 Å². The van der Waals surface area contributed by atoms with Gasteiger partial charge in [-0.05, 0) is 37.5 Å².